The first-order chi connectivity index (χ1) is 5.58. The van der Waals surface area contributed by atoms with Crippen molar-refractivity contribution in [1.29, 1.82) is 0 Å². The lowest BCUT2D eigenvalue weighted by atomic mass is 9.91. The van der Waals surface area contributed by atoms with Gasteiger partial charge >= 0.3 is 0 Å². The van der Waals surface area contributed by atoms with Crippen LogP contribution in [-0.2, 0) is 6.54 Å². The van der Waals surface area contributed by atoms with Crippen molar-refractivity contribution in [2.75, 3.05) is 0 Å². The lowest BCUT2D eigenvalue weighted by Crippen LogP contribution is -2.08. The molecule has 0 spiro atoms. The lowest BCUT2D eigenvalue weighted by molar-refractivity contribution is 0.341. The van der Waals surface area contributed by atoms with Crippen molar-refractivity contribution in [3.63, 3.8) is 0 Å². The average molecular weight is 167 g/mol. The van der Waals surface area contributed by atoms with Crippen molar-refractivity contribution in [1.82, 2.24) is 15.0 Å². The van der Waals surface area contributed by atoms with E-state index in [0.717, 1.165) is 13.0 Å². The van der Waals surface area contributed by atoms with Crippen LogP contribution in [0.4, 0.5) is 0 Å². The molecule has 0 N–H and O–H groups in total. The van der Waals surface area contributed by atoms with Crippen molar-refractivity contribution in [2.24, 2.45) is 5.41 Å². The standard InChI is InChI=1S/C9H17N3/c1-9(2,3)5-4-8-12-10-6-7-11-12/h6-7H,4-5,8H2,1-3H3. The number of aromatic nitrogens is 3. The van der Waals surface area contributed by atoms with E-state index in [1.54, 1.807) is 17.2 Å². The number of rotatable bonds is 3. The molecule has 1 heterocycles. The zero-order chi connectivity index (χ0) is 9.03. The van der Waals surface area contributed by atoms with Gasteiger partial charge in [-0.2, -0.15) is 15.0 Å². The van der Waals surface area contributed by atoms with Crippen molar-refractivity contribution in [3.8, 4) is 0 Å². The predicted octanol–water partition coefficient (Wildman–Crippen LogP) is 2.10. The van der Waals surface area contributed by atoms with Gasteiger partial charge in [0.2, 0.25) is 0 Å². The Kier molecular flexibility index (Phi) is 2.84. The van der Waals surface area contributed by atoms with E-state index in [1.165, 1.54) is 6.42 Å². The minimum Gasteiger partial charge on any atom is -0.185 e. The van der Waals surface area contributed by atoms with Gasteiger partial charge in [-0.3, -0.25) is 0 Å². The topological polar surface area (TPSA) is 30.7 Å². The molecule has 1 rings (SSSR count). The smallest absolute Gasteiger partial charge is 0.0693 e. The third kappa shape index (κ3) is 3.51. The molecule has 0 atom stereocenters. The van der Waals surface area contributed by atoms with Crippen LogP contribution in [-0.4, -0.2) is 15.0 Å². The van der Waals surface area contributed by atoms with Crippen LogP contribution in [0, 0.1) is 5.41 Å². The summed E-state index contributed by atoms with van der Waals surface area (Å²) >= 11 is 0. The predicted molar refractivity (Wildman–Crippen MR) is 48.7 cm³/mol. The highest BCUT2D eigenvalue weighted by atomic mass is 15.5. The van der Waals surface area contributed by atoms with Gasteiger partial charge in [0.1, 0.15) is 0 Å². The third-order valence-electron chi connectivity index (χ3n) is 1.75. The number of hydrogen-bond acceptors (Lipinski definition) is 2. The molecule has 0 aliphatic heterocycles. The summed E-state index contributed by atoms with van der Waals surface area (Å²) in [4.78, 5) is 1.74. The van der Waals surface area contributed by atoms with E-state index in [-0.39, 0.29) is 0 Å². The highest BCUT2D eigenvalue weighted by molar-refractivity contribution is 4.63. The summed E-state index contributed by atoms with van der Waals surface area (Å²) in [6, 6.07) is 0. The van der Waals surface area contributed by atoms with Crippen LogP contribution in [0.15, 0.2) is 12.4 Å². The Bertz CT molecular complexity index is 208. The Balaban J connectivity index is 2.20. The van der Waals surface area contributed by atoms with Crippen molar-refractivity contribution in [3.05, 3.63) is 12.4 Å². The third-order valence-corrected chi connectivity index (χ3v) is 1.75. The van der Waals surface area contributed by atoms with Gasteiger partial charge < -0.3 is 0 Å². The molecule has 0 amide bonds. The molecule has 0 saturated carbocycles. The molecule has 1 aromatic rings. The van der Waals surface area contributed by atoms with Crippen LogP contribution in [0.2, 0.25) is 0 Å². The van der Waals surface area contributed by atoms with Crippen LogP contribution in [0.5, 0.6) is 0 Å². The zero-order valence-corrected chi connectivity index (χ0v) is 8.12. The molecule has 3 heteroatoms. The fraction of sp³-hybridized carbons (Fsp3) is 0.778. The fourth-order valence-corrected chi connectivity index (χ4v) is 1.11. The molecule has 0 saturated heterocycles. The highest BCUT2D eigenvalue weighted by Gasteiger charge is 2.09. The fourth-order valence-electron chi connectivity index (χ4n) is 1.11. The largest absolute Gasteiger partial charge is 0.185 e. The second-order valence-electron chi connectivity index (χ2n) is 4.29. The summed E-state index contributed by atoms with van der Waals surface area (Å²) < 4.78 is 0. The van der Waals surface area contributed by atoms with Crippen molar-refractivity contribution < 1.29 is 0 Å². The van der Waals surface area contributed by atoms with E-state index >= 15 is 0 Å². The molecule has 0 aromatic carbocycles. The van der Waals surface area contributed by atoms with Crippen molar-refractivity contribution in [2.45, 2.75) is 40.2 Å². The van der Waals surface area contributed by atoms with Crippen molar-refractivity contribution >= 4 is 0 Å². The Labute approximate surface area is 73.8 Å². The van der Waals surface area contributed by atoms with Crippen LogP contribution in [0.3, 0.4) is 0 Å². The van der Waals surface area contributed by atoms with E-state index in [2.05, 4.69) is 31.0 Å². The quantitative estimate of drug-likeness (QED) is 0.690. The van der Waals surface area contributed by atoms with Crippen LogP contribution in [0.25, 0.3) is 0 Å². The SMILES string of the molecule is CC(C)(C)CCCn1nccn1. The maximum absolute atomic E-state index is 4.04. The molecular formula is C9H17N3. The summed E-state index contributed by atoms with van der Waals surface area (Å²) in [6.07, 6.45) is 5.81. The van der Waals surface area contributed by atoms with E-state index in [9.17, 15) is 0 Å². The van der Waals surface area contributed by atoms with E-state index in [1.807, 2.05) is 0 Å². The Hall–Kier alpha value is -0.860. The molecule has 3 nitrogen and oxygen atoms in total. The Morgan fingerprint density at radius 1 is 1.17 bits per heavy atom. The van der Waals surface area contributed by atoms with Gasteiger partial charge in [0, 0.05) is 0 Å². The van der Waals surface area contributed by atoms with Gasteiger partial charge in [-0.1, -0.05) is 20.8 Å². The molecule has 0 aliphatic rings. The van der Waals surface area contributed by atoms with Gasteiger partial charge in [0.15, 0.2) is 0 Å². The van der Waals surface area contributed by atoms with Crippen LogP contribution in [0.1, 0.15) is 33.6 Å². The monoisotopic (exact) mass is 167 g/mol. The number of aryl methyl sites for hydroxylation is 1. The molecule has 0 radical (unpaired) electrons. The maximum atomic E-state index is 4.04. The summed E-state index contributed by atoms with van der Waals surface area (Å²) in [7, 11) is 0. The summed E-state index contributed by atoms with van der Waals surface area (Å²) in [5.41, 5.74) is 0.424. The van der Waals surface area contributed by atoms with Crippen LogP contribution >= 0.6 is 0 Å². The first-order valence-corrected chi connectivity index (χ1v) is 4.42. The minimum atomic E-state index is 0.424. The molecular weight excluding hydrogens is 150 g/mol. The van der Waals surface area contributed by atoms with E-state index < -0.39 is 0 Å². The highest BCUT2D eigenvalue weighted by Crippen LogP contribution is 2.20. The zero-order valence-electron chi connectivity index (χ0n) is 8.12. The molecule has 0 unspecified atom stereocenters. The first kappa shape index (κ1) is 9.23. The summed E-state index contributed by atoms with van der Waals surface area (Å²) in [5.74, 6) is 0. The molecule has 68 valence electrons. The molecule has 0 aliphatic carbocycles. The molecule has 12 heavy (non-hydrogen) atoms. The number of hydrogen-bond donors (Lipinski definition) is 0. The Morgan fingerprint density at radius 2 is 1.75 bits per heavy atom. The molecule has 1 aromatic heterocycles. The number of nitrogens with zero attached hydrogens (tertiary/aromatic N) is 3. The van der Waals surface area contributed by atoms with Gasteiger partial charge in [-0.05, 0) is 18.3 Å². The van der Waals surface area contributed by atoms with Gasteiger partial charge in [-0.25, -0.2) is 0 Å². The van der Waals surface area contributed by atoms with Crippen LogP contribution < -0.4 is 0 Å². The second kappa shape index (κ2) is 3.70. The van der Waals surface area contributed by atoms with Gasteiger partial charge in [-0.15, -0.1) is 0 Å². The normalized spacial score (nSPS) is 11.9. The van der Waals surface area contributed by atoms with Gasteiger partial charge in [0.25, 0.3) is 0 Å². The second-order valence-corrected chi connectivity index (χ2v) is 4.29. The average Bonchev–Trinajstić information content (AvgIpc) is 2.36. The lowest BCUT2D eigenvalue weighted by Gasteiger charge is -2.17. The molecule has 0 bridgehead atoms. The molecule has 0 fully saturated rings. The maximum Gasteiger partial charge on any atom is 0.0693 e. The first-order valence-electron chi connectivity index (χ1n) is 4.42. The van der Waals surface area contributed by atoms with E-state index in [0.29, 0.717) is 5.41 Å². The minimum absolute atomic E-state index is 0.424. The van der Waals surface area contributed by atoms with E-state index in [4.69, 9.17) is 0 Å². The van der Waals surface area contributed by atoms with Gasteiger partial charge in [0.05, 0.1) is 18.9 Å². The Morgan fingerprint density at radius 3 is 2.25 bits per heavy atom. The summed E-state index contributed by atoms with van der Waals surface area (Å²) in [5, 5.41) is 8.08. The summed E-state index contributed by atoms with van der Waals surface area (Å²) in [6.45, 7) is 7.70.